The van der Waals surface area contributed by atoms with Crippen molar-refractivity contribution >= 4 is 5.91 Å². The number of hydrogen-bond acceptors (Lipinski definition) is 4. The van der Waals surface area contributed by atoms with Crippen LogP contribution in [0.1, 0.15) is 34.7 Å². The third kappa shape index (κ3) is 4.28. The Balaban J connectivity index is 1.39. The fraction of sp³-hybridized carbons (Fsp3) is 0.333. The molecule has 2 aliphatic heterocycles. The lowest BCUT2D eigenvalue weighted by Gasteiger charge is -2.57. The Hall–Kier alpha value is -3.09. The topological polar surface area (TPSA) is 56.7 Å². The second-order valence-corrected chi connectivity index (χ2v) is 8.91. The summed E-state index contributed by atoms with van der Waals surface area (Å²) in [6.07, 6.45) is 5.43. The van der Waals surface area contributed by atoms with Crippen LogP contribution in [0.2, 0.25) is 0 Å². The quantitative estimate of drug-likeness (QED) is 0.661. The second-order valence-electron chi connectivity index (χ2n) is 8.91. The number of amides is 1. The molecule has 0 bridgehead atoms. The number of hydrogen-bond donors (Lipinski definition) is 1. The molecular formula is C27H28FN3O2. The van der Waals surface area contributed by atoms with Crippen molar-refractivity contribution in [3.8, 4) is 11.1 Å². The Bertz CT molecular complexity index is 1110. The smallest absolute Gasteiger partial charge is 0.254 e. The minimum Gasteiger partial charge on any atom is -0.395 e. The maximum absolute atomic E-state index is 13.7. The maximum atomic E-state index is 13.7. The van der Waals surface area contributed by atoms with Crippen LogP contribution in [0.15, 0.2) is 73.1 Å². The van der Waals surface area contributed by atoms with Crippen molar-refractivity contribution in [3.63, 3.8) is 0 Å². The number of aromatic nitrogens is 1. The molecule has 0 radical (unpaired) electrons. The summed E-state index contributed by atoms with van der Waals surface area (Å²) in [5, 5.41) is 10.2. The first-order valence-electron chi connectivity index (χ1n) is 11.6. The van der Waals surface area contributed by atoms with Gasteiger partial charge in [-0.2, -0.15) is 0 Å². The summed E-state index contributed by atoms with van der Waals surface area (Å²) >= 11 is 0. The predicted molar refractivity (Wildman–Crippen MR) is 125 cm³/mol. The number of benzene rings is 2. The Morgan fingerprint density at radius 3 is 2.45 bits per heavy atom. The van der Waals surface area contributed by atoms with E-state index < -0.39 is 5.82 Å². The lowest BCUT2D eigenvalue weighted by Crippen LogP contribution is -2.67. The Labute approximate surface area is 193 Å². The van der Waals surface area contributed by atoms with E-state index in [2.05, 4.69) is 34.1 Å². The molecule has 2 fully saturated rings. The minimum atomic E-state index is -0.398. The monoisotopic (exact) mass is 445 g/mol. The van der Waals surface area contributed by atoms with Gasteiger partial charge in [-0.05, 0) is 66.4 Å². The number of aliphatic hydroxyl groups is 1. The molecule has 3 aromatic rings. The van der Waals surface area contributed by atoms with Gasteiger partial charge in [0, 0.05) is 49.0 Å². The molecule has 0 unspecified atom stereocenters. The first-order chi connectivity index (χ1) is 16.2. The van der Waals surface area contributed by atoms with Gasteiger partial charge < -0.3 is 10.0 Å². The number of aliphatic hydroxyl groups excluding tert-OH is 1. The first kappa shape index (κ1) is 21.7. The van der Waals surface area contributed by atoms with Gasteiger partial charge in [0.1, 0.15) is 5.82 Å². The van der Waals surface area contributed by atoms with Gasteiger partial charge in [0.05, 0.1) is 6.61 Å². The molecule has 6 heteroatoms. The van der Waals surface area contributed by atoms with Crippen molar-refractivity contribution in [3.05, 3.63) is 90.0 Å². The summed E-state index contributed by atoms with van der Waals surface area (Å²) in [6.45, 7) is 2.24. The highest BCUT2D eigenvalue weighted by atomic mass is 19.1. The molecule has 0 saturated carbocycles. The van der Waals surface area contributed by atoms with Gasteiger partial charge >= 0.3 is 0 Å². The van der Waals surface area contributed by atoms with Crippen LogP contribution in [-0.2, 0) is 0 Å². The highest BCUT2D eigenvalue weighted by Crippen LogP contribution is 2.42. The molecule has 5 rings (SSSR count). The summed E-state index contributed by atoms with van der Waals surface area (Å²) in [4.78, 5) is 21.5. The van der Waals surface area contributed by atoms with E-state index in [1.165, 1.54) is 17.7 Å². The largest absolute Gasteiger partial charge is 0.395 e. The zero-order valence-corrected chi connectivity index (χ0v) is 18.5. The van der Waals surface area contributed by atoms with Crippen molar-refractivity contribution in [2.24, 2.45) is 0 Å². The van der Waals surface area contributed by atoms with Crippen LogP contribution >= 0.6 is 0 Å². The van der Waals surface area contributed by atoms with E-state index in [9.17, 15) is 14.3 Å². The molecule has 1 N–H and O–H groups in total. The first-order valence-corrected chi connectivity index (χ1v) is 11.6. The molecule has 2 aromatic carbocycles. The van der Waals surface area contributed by atoms with Gasteiger partial charge in [-0.15, -0.1) is 0 Å². The van der Waals surface area contributed by atoms with Crippen LogP contribution in [0, 0.1) is 5.82 Å². The molecule has 33 heavy (non-hydrogen) atoms. The fourth-order valence-corrected chi connectivity index (χ4v) is 5.37. The SMILES string of the molecule is O=C(c1cccc(F)c1)N1CCCCN2[C@H](C1)[C@H](c1ccc(-c3ccncc3)cc1)[C@@H]2CO. The third-order valence-corrected chi connectivity index (χ3v) is 7.04. The molecule has 3 atom stereocenters. The van der Waals surface area contributed by atoms with Crippen molar-refractivity contribution < 1.29 is 14.3 Å². The number of pyridine rings is 1. The highest BCUT2D eigenvalue weighted by molar-refractivity contribution is 5.94. The Morgan fingerprint density at radius 1 is 1.00 bits per heavy atom. The third-order valence-electron chi connectivity index (χ3n) is 7.04. The molecule has 1 amide bonds. The molecule has 5 nitrogen and oxygen atoms in total. The second kappa shape index (κ2) is 9.41. The van der Waals surface area contributed by atoms with Crippen molar-refractivity contribution in [1.82, 2.24) is 14.8 Å². The molecule has 1 aromatic heterocycles. The van der Waals surface area contributed by atoms with E-state index in [1.54, 1.807) is 24.5 Å². The normalized spacial score (nSPS) is 23.2. The number of carbonyl (C=O) groups is 1. The van der Waals surface area contributed by atoms with Gasteiger partial charge in [0.2, 0.25) is 0 Å². The standard InChI is InChI=1S/C27H28FN3O2/c28-23-5-3-4-22(16-23)27(33)30-14-1-2-15-31-24(17-30)26(25(31)18-32)21-8-6-19(7-9-21)20-10-12-29-13-11-20/h3-13,16,24-26,32H,1-2,14-15,17-18H2/t24-,25+,26+/m1/s1. The average Bonchev–Trinajstić information content (AvgIpc) is 2.83. The van der Waals surface area contributed by atoms with Crippen LogP contribution in [0.5, 0.6) is 0 Å². The van der Waals surface area contributed by atoms with Crippen molar-refractivity contribution in [2.75, 3.05) is 26.2 Å². The molecule has 2 aliphatic rings. The van der Waals surface area contributed by atoms with E-state index >= 15 is 0 Å². The number of nitrogens with zero attached hydrogens (tertiary/aromatic N) is 3. The molecular weight excluding hydrogens is 417 g/mol. The molecule has 170 valence electrons. The van der Waals surface area contributed by atoms with Gasteiger partial charge in [0.25, 0.3) is 5.91 Å². The van der Waals surface area contributed by atoms with Crippen molar-refractivity contribution in [1.29, 1.82) is 0 Å². The lowest BCUT2D eigenvalue weighted by molar-refractivity contribution is -0.0606. The molecule has 0 aliphatic carbocycles. The zero-order valence-electron chi connectivity index (χ0n) is 18.5. The number of rotatable bonds is 4. The maximum Gasteiger partial charge on any atom is 0.254 e. The minimum absolute atomic E-state index is 0.0472. The summed E-state index contributed by atoms with van der Waals surface area (Å²) in [6, 6.07) is 18.6. The average molecular weight is 446 g/mol. The van der Waals surface area contributed by atoms with Crippen LogP contribution in [0.4, 0.5) is 4.39 Å². The van der Waals surface area contributed by atoms with E-state index in [0.717, 1.165) is 30.5 Å². The molecule has 3 heterocycles. The summed E-state index contributed by atoms with van der Waals surface area (Å²) in [5.74, 6) is -0.386. The van der Waals surface area contributed by atoms with Crippen LogP contribution < -0.4 is 0 Å². The zero-order chi connectivity index (χ0) is 22.8. The highest BCUT2D eigenvalue weighted by Gasteiger charge is 2.49. The van der Waals surface area contributed by atoms with Crippen molar-refractivity contribution in [2.45, 2.75) is 30.8 Å². The Kier molecular flexibility index (Phi) is 6.20. The molecule has 2 saturated heterocycles. The van der Waals surface area contributed by atoms with Gasteiger partial charge in [-0.1, -0.05) is 30.3 Å². The van der Waals surface area contributed by atoms with E-state index in [0.29, 0.717) is 18.7 Å². The summed E-state index contributed by atoms with van der Waals surface area (Å²) in [7, 11) is 0. The molecule has 0 spiro atoms. The number of carbonyl (C=O) groups excluding carboxylic acids is 1. The number of halogens is 1. The predicted octanol–water partition coefficient (Wildman–Crippen LogP) is 3.95. The van der Waals surface area contributed by atoms with Crippen LogP contribution in [0.25, 0.3) is 11.1 Å². The van der Waals surface area contributed by atoms with E-state index in [-0.39, 0.29) is 30.5 Å². The number of fused-ring (bicyclic) bond motifs is 1. The van der Waals surface area contributed by atoms with E-state index in [1.807, 2.05) is 17.0 Å². The van der Waals surface area contributed by atoms with Crippen LogP contribution in [0.3, 0.4) is 0 Å². The van der Waals surface area contributed by atoms with Gasteiger partial charge in [-0.3, -0.25) is 14.7 Å². The van der Waals surface area contributed by atoms with Gasteiger partial charge in [0.15, 0.2) is 0 Å². The fourth-order valence-electron chi connectivity index (χ4n) is 5.37. The summed E-state index contributed by atoms with van der Waals surface area (Å²) < 4.78 is 13.7. The van der Waals surface area contributed by atoms with E-state index in [4.69, 9.17) is 0 Å². The Morgan fingerprint density at radius 2 is 1.73 bits per heavy atom. The van der Waals surface area contributed by atoms with Gasteiger partial charge in [-0.25, -0.2) is 4.39 Å². The van der Waals surface area contributed by atoms with Crippen LogP contribution in [-0.4, -0.2) is 64.1 Å². The lowest BCUT2D eigenvalue weighted by atomic mass is 9.74. The summed E-state index contributed by atoms with van der Waals surface area (Å²) in [5.41, 5.74) is 3.80.